The molecule has 2 amide bonds. The molecular weight excluding hydrogens is 392 g/mol. The van der Waals surface area contributed by atoms with Crippen LogP contribution in [0.5, 0.6) is 0 Å². The van der Waals surface area contributed by atoms with Gasteiger partial charge >= 0.3 is 6.03 Å². The Balaban J connectivity index is 1.44. The summed E-state index contributed by atoms with van der Waals surface area (Å²) in [6.07, 6.45) is 5.79. The molecule has 0 radical (unpaired) electrons. The summed E-state index contributed by atoms with van der Waals surface area (Å²) in [4.78, 5) is 21.8. The molecule has 8 nitrogen and oxygen atoms in total. The van der Waals surface area contributed by atoms with E-state index in [1.165, 1.54) is 0 Å². The molecule has 0 bridgehead atoms. The van der Waals surface area contributed by atoms with E-state index in [1.54, 1.807) is 4.90 Å². The number of H-pyrrole nitrogens is 1. The number of hydrogen-bond donors (Lipinski definition) is 2. The first-order chi connectivity index (χ1) is 15.2. The zero-order valence-corrected chi connectivity index (χ0v) is 17.3. The average Bonchev–Trinajstić information content (AvgIpc) is 3.47. The van der Waals surface area contributed by atoms with Gasteiger partial charge in [-0.1, -0.05) is 12.1 Å². The minimum Gasteiger partial charge on any atom is -0.378 e. The molecule has 0 atom stereocenters. The minimum absolute atomic E-state index is 0.0985. The van der Waals surface area contributed by atoms with Gasteiger partial charge in [-0.05, 0) is 36.8 Å². The zero-order chi connectivity index (χ0) is 21.2. The number of pyridine rings is 1. The van der Waals surface area contributed by atoms with Gasteiger partial charge in [-0.3, -0.25) is 4.68 Å². The van der Waals surface area contributed by atoms with Crippen LogP contribution in [-0.4, -0.2) is 57.0 Å². The smallest absolute Gasteiger partial charge is 0.321 e. The molecule has 8 heteroatoms. The number of carbonyl (C=O) groups excluding carboxylic acids is 1. The fourth-order valence-electron chi connectivity index (χ4n) is 3.87. The number of nitrogens with zero attached hydrogens (tertiary/aromatic N) is 4. The molecule has 158 valence electrons. The van der Waals surface area contributed by atoms with Crippen LogP contribution in [0.3, 0.4) is 0 Å². The molecule has 0 saturated carbocycles. The van der Waals surface area contributed by atoms with Crippen molar-refractivity contribution in [1.82, 2.24) is 24.6 Å². The van der Waals surface area contributed by atoms with Crippen molar-refractivity contribution in [2.24, 2.45) is 0 Å². The highest BCUT2D eigenvalue weighted by molar-refractivity contribution is 5.97. The van der Waals surface area contributed by atoms with Gasteiger partial charge in [-0.15, -0.1) is 0 Å². The third kappa shape index (κ3) is 3.77. The van der Waals surface area contributed by atoms with Crippen molar-refractivity contribution in [2.75, 3.05) is 31.6 Å². The second-order valence-electron chi connectivity index (χ2n) is 7.45. The number of fused-ring (bicyclic) bond motifs is 1. The second kappa shape index (κ2) is 8.23. The third-order valence-electron chi connectivity index (χ3n) is 5.54. The van der Waals surface area contributed by atoms with Crippen LogP contribution in [0.1, 0.15) is 6.92 Å². The van der Waals surface area contributed by atoms with Gasteiger partial charge in [0.1, 0.15) is 11.3 Å². The van der Waals surface area contributed by atoms with Crippen molar-refractivity contribution in [3.8, 4) is 22.4 Å². The number of aryl methyl sites for hydroxylation is 1. The minimum atomic E-state index is -0.0985. The normalized spacial score (nSPS) is 14.2. The Bertz CT molecular complexity index is 1200. The van der Waals surface area contributed by atoms with Gasteiger partial charge in [-0.2, -0.15) is 5.10 Å². The summed E-state index contributed by atoms with van der Waals surface area (Å²) in [5.41, 5.74) is 5.65. The average molecular weight is 416 g/mol. The Hall–Kier alpha value is -3.65. The highest BCUT2D eigenvalue weighted by Gasteiger charge is 2.18. The zero-order valence-electron chi connectivity index (χ0n) is 17.3. The lowest BCUT2D eigenvalue weighted by atomic mass is 10.0. The number of nitrogens with one attached hydrogen (secondary N) is 2. The van der Waals surface area contributed by atoms with E-state index in [0.29, 0.717) is 26.3 Å². The number of benzene rings is 1. The summed E-state index contributed by atoms with van der Waals surface area (Å²) in [7, 11) is 0. The number of rotatable bonds is 4. The molecule has 31 heavy (non-hydrogen) atoms. The van der Waals surface area contributed by atoms with Crippen LogP contribution >= 0.6 is 0 Å². The summed E-state index contributed by atoms with van der Waals surface area (Å²) >= 11 is 0. The van der Waals surface area contributed by atoms with Gasteiger partial charge in [0.2, 0.25) is 0 Å². The Morgan fingerprint density at radius 3 is 2.71 bits per heavy atom. The van der Waals surface area contributed by atoms with E-state index < -0.39 is 0 Å². The second-order valence-corrected chi connectivity index (χ2v) is 7.45. The number of amides is 2. The Labute approximate surface area is 179 Å². The Morgan fingerprint density at radius 2 is 1.94 bits per heavy atom. The number of anilines is 1. The van der Waals surface area contributed by atoms with Crippen LogP contribution in [0.25, 0.3) is 33.4 Å². The van der Waals surface area contributed by atoms with Crippen molar-refractivity contribution in [3.05, 3.63) is 55.0 Å². The maximum atomic E-state index is 12.4. The Kier molecular flexibility index (Phi) is 5.13. The first kappa shape index (κ1) is 19.3. The molecule has 0 unspecified atom stereocenters. The van der Waals surface area contributed by atoms with Gasteiger partial charge in [0.15, 0.2) is 0 Å². The molecule has 1 aromatic carbocycles. The van der Waals surface area contributed by atoms with E-state index in [0.717, 1.165) is 45.6 Å². The van der Waals surface area contributed by atoms with Gasteiger partial charge in [0.25, 0.3) is 0 Å². The van der Waals surface area contributed by atoms with E-state index in [4.69, 9.17) is 9.84 Å². The molecule has 0 spiro atoms. The van der Waals surface area contributed by atoms with Crippen LogP contribution in [-0.2, 0) is 11.3 Å². The first-order valence-electron chi connectivity index (χ1n) is 10.5. The van der Waals surface area contributed by atoms with E-state index in [2.05, 4.69) is 28.4 Å². The van der Waals surface area contributed by atoms with Gasteiger partial charge < -0.3 is 19.9 Å². The molecule has 1 fully saturated rings. The van der Waals surface area contributed by atoms with Crippen molar-refractivity contribution in [3.63, 3.8) is 0 Å². The molecule has 4 heterocycles. The quantitative estimate of drug-likeness (QED) is 0.527. The summed E-state index contributed by atoms with van der Waals surface area (Å²) in [5, 5.41) is 8.84. The van der Waals surface area contributed by atoms with Gasteiger partial charge in [-0.25, -0.2) is 9.78 Å². The largest absolute Gasteiger partial charge is 0.378 e. The summed E-state index contributed by atoms with van der Waals surface area (Å²) in [6.45, 7) is 5.24. The molecule has 3 aromatic heterocycles. The number of aromatic amines is 1. The molecular formula is C23H24N6O2. The fourth-order valence-corrected chi connectivity index (χ4v) is 3.87. The lowest BCUT2D eigenvalue weighted by Gasteiger charge is -2.26. The van der Waals surface area contributed by atoms with Crippen molar-refractivity contribution in [1.29, 1.82) is 0 Å². The molecule has 0 aliphatic carbocycles. The molecule has 5 rings (SSSR count). The standard InChI is InChI=1S/C23H24N6O2/c1-2-29-15-20(18-7-9-24-22-19(18)8-10-25-22)21(27-29)16-3-5-17(6-4-16)26-23(30)28-11-13-31-14-12-28/h3-10,15H,2,11-14H2,1H3,(H,24,25)(H,26,30). The summed E-state index contributed by atoms with van der Waals surface area (Å²) in [6, 6.07) is 11.8. The highest BCUT2D eigenvalue weighted by Crippen LogP contribution is 2.35. The first-order valence-corrected chi connectivity index (χ1v) is 10.5. The third-order valence-corrected chi connectivity index (χ3v) is 5.54. The van der Waals surface area contributed by atoms with Crippen molar-refractivity contribution in [2.45, 2.75) is 13.5 Å². The number of aromatic nitrogens is 4. The van der Waals surface area contributed by atoms with Crippen LogP contribution < -0.4 is 5.32 Å². The van der Waals surface area contributed by atoms with E-state index in [9.17, 15) is 4.79 Å². The Morgan fingerprint density at radius 1 is 1.13 bits per heavy atom. The maximum absolute atomic E-state index is 12.4. The van der Waals surface area contributed by atoms with Gasteiger partial charge in [0.05, 0.1) is 13.2 Å². The van der Waals surface area contributed by atoms with Crippen LogP contribution in [0.15, 0.2) is 55.0 Å². The van der Waals surface area contributed by atoms with Gasteiger partial charge in [0, 0.05) is 60.4 Å². The van der Waals surface area contributed by atoms with E-state index in [-0.39, 0.29) is 6.03 Å². The number of urea groups is 1. The molecule has 1 aliphatic heterocycles. The number of morpholine rings is 1. The molecule has 4 aromatic rings. The van der Waals surface area contributed by atoms with E-state index in [1.807, 2.05) is 53.5 Å². The maximum Gasteiger partial charge on any atom is 0.321 e. The predicted molar refractivity (Wildman–Crippen MR) is 120 cm³/mol. The van der Waals surface area contributed by atoms with E-state index >= 15 is 0 Å². The van der Waals surface area contributed by atoms with Crippen molar-refractivity contribution < 1.29 is 9.53 Å². The number of hydrogen-bond acceptors (Lipinski definition) is 4. The predicted octanol–water partition coefficient (Wildman–Crippen LogP) is 3.98. The van der Waals surface area contributed by atoms with Crippen LogP contribution in [0, 0.1) is 0 Å². The molecule has 2 N–H and O–H groups in total. The monoisotopic (exact) mass is 416 g/mol. The number of carbonyl (C=O) groups is 1. The topological polar surface area (TPSA) is 88.1 Å². The fraction of sp³-hybridized carbons (Fsp3) is 0.261. The highest BCUT2D eigenvalue weighted by atomic mass is 16.5. The lowest BCUT2D eigenvalue weighted by molar-refractivity contribution is 0.0564. The summed E-state index contributed by atoms with van der Waals surface area (Å²) < 4.78 is 7.25. The van der Waals surface area contributed by atoms with Crippen molar-refractivity contribution >= 4 is 22.8 Å². The van der Waals surface area contributed by atoms with Crippen LogP contribution in [0.4, 0.5) is 10.5 Å². The molecule has 1 saturated heterocycles. The van der Waals surface area contributed by atoms with Crippen LogP contribution in [0.2, 0.25) is 0 Å². The number of ether oxygens (including phenoxy) is 1. The lowest BCUT2D eigenvalue weighted by Crippen LogP contribution is -2.43. The SMILES string of the molecule is CCn1cc(-c2ccnc3[nH]ccc23)c(-c2ccc(NC(=O)N3CCOCC3)cc2)n1. The molecule has 1 aliphatic rings. The summed E-state index contributed by atoms with van der Waals surface area (Å²) in [5.74, 6) is 0.